The van der Waals surface area contributed by atoms with Crippen LogP contribution in [0.2, 0.25) is 0 Å². The van der Waals surface area contributed by atoms with E-state index < -0.39 is 30.3 Å². The van der Waals surface area contributed by atoms with Gasteiger partial charge in [-0.15, -0.1) is 0 Å². The number of amides is 4. The molecule has 11 nitrogen and oxygen atoms in total. The van der Waals surface area contributed by atoms with E-state index in [4.69, 9.17) is 14.3 Å². The number of hydrogen-bond acceptors (Lipinski definition) is 7. The number of morpholine rings is 1. The van der Waals surface area contributed by atoms with Crippen LogP contribution in [0, 0.1) is 5.82 Å². The van der Waals surface area contributed by atoms with Crippen LogP contribution in [0.4, 0.5) is 34.1 Å². The second kappa shape index (κ2) is 11.0. The van der Waals surface area contributed by atoms with Crippen LogP contribution < -0.4 is 15.1 Å². The van der Waals surface area contributed by atoms with Crippen molar-refractivity contribution in [2.45, 2.75) is 12.5 Å². The first-order valence-electron chi connectivity index (χ1n) is 11.2. The number of cyclic esters (lactones) is 1. The molecule has 1 aromatic carbocycles. The number of nitrogens with one attached hydrogen (secondary N) is 1. The average molecular weight is 501 g/mol. The van der Waals surface area contributed by atoms with Crippen molar-refractivity contribution in [2.24, 2.45) is 0 Å². The Labute approximate surface area is 199 Å². The molecule has 1 unspecified atom stereocenters. The summed E-state index contributed by atoms with van der Waals surface area (Å²) in [7, 11) is 0. The van der Waals surface area contributed by atoms with Crippen molar-refractivity contribution >= 4 is 29.4 Å². The fourth-order valence-corrected chi connectivity index (χ4v) is 4.00. The second-order valence-electron chi connectivity index (χ2n) is 8.10. The zero-order valence-corrected chi connectivity index (χ0v) is 18.8. The number of carbonyl (C=O) groups is 3. The van der Waals surface area contributed by atoms with Gasteiger partial charge in [0.25, 0.3) is 5.91 Å². The molecule has 14 heteroatoms. The molecule has 0 radical (unpaired) electrons. The molecule has 0 spiro atoms. The van der Waals surface area contributed by atoms with Crippen LogP contribution in [0.25, 0.3) is 0 Å². The molecule has 1 atom stereocenters. The number of urea groups is 1. The maximum atomic E-state index is 15.0. The van der Waals surface area contributed by atoms with Crippen LogP contribution in [0.3, 0.4) is 0 Å². The predicted molar refractivity (Wildman–Crippen MR) is 116 cm³/mol. The Hall–Kier alpha value is -3.26. The number of halogens is 3. The van der Waals surface area contributed by atoms with Crippen molar-refractivity contribution in [3.05, 3.63) is 24.0 Å². The Morgan fingerprint density at radius 2 is 1.86 bits per heavy atom. The highest BCUT2D eigenvalue weighted by atomic mass is 19.3. The number of benzene rings is 1. The monoisotopic (exact) mass is 501 g/mol. The summed E-state index contributed by atoms with van der Waals surface area (Å²) in [5.74, 6) is -2.04. The molecule has 3 aliphatic heterocycles. The van der Waals surface area contributed by atoms with Gasteiger partial charge in [0.2, 0.25) is 0 Å². The molecule has 35 heavy (non-hydrogen) atoms. The third kappa shape index (κ3) is 5.88. The minimum atomic E-state index is -3.17. The van der Waals surface area contributed by atoms with Gasteiger partial charge in [0.15, 0.2) is 0 Å². The summed E-state index contributed by atoms with van der Waals surface area (Å²) in [6.07, 6.45) is -4.78. The summed E-state index contributed by atoms with van der Waals surface area (Å²) in [6.45, 7) is 2.71. The summed E-state index contributed by atoms with van der Waals surface area (Å²) in [5.41, 5.74) is 0.514. The molecule has 0 aliphatic carbocycles. The average Bonchev–Trinajstić information content (AvgIpc) is 3.06. The standard InChI is InChI=1S/C21H26F3N5O6/c22-16-11-14(28-13-15(35-21(28)32)12-25-19(30)18(23)24)1-2-17(16)26-3-4-29(34-10-7-26)20(31)27-5-8-33-9-6-27/h1-2,11,15,18H,3-10,12-13H2,(H,25,30). The van der Waals surface area contributed by atoms with Crippen LogP contribution >= 0.6 is 0 Å². The molecule has 0 saturated carbocycles. The molecule has 3 fully saturated rings. The number of hydroxylamine groups is 2. The van der Waals surface area contributed by atoms with Crippen LogP contribution in [0.15, 0.2) is 18.2 Å². The molecule has 0 bridgehead atoms. The van der Waals surface area contributed by atoms with Crippen molar-refractivity contribution in [1.29, 1.82) is 0 Å². The molecule has 1 N–H and O–H groups in total. The Morgan fingerprint density at radius 3 is 2.57 bits per heavy atom. The largest absolute Gasteiger partial charge is 0.442 e. The molecule has 4 rings (SSSR count). The Morgan fingerprint density at radius 1 is 1.09 bits per heavy atom. The molecule has 4 amide bonds. The fraction of sp³-hybridized carbons (Fsp3) is 0.571. The summed E-state index contributed by atoms with van der Waals surface area (Å²) >= 11 is 0. The first kappa shape index (κ1) is 24.9. The van der Waals surface area contributed by atoms with Crippen LogP contribution in [0.1, 0.15) is 0 Å². The van der Waals surface area contributed by atoms with Gasteiger partial charge in [-0.3, -0.25) is 14.5 Å². The Bertz CT molecular complexity index is 948. The van der Waals surface area contributed by atoms with Gasteiger partial charge in [-0.25, -0.2) is 19.0 Å². The molecule has 3 aliphatic rings. The SMILES string of the molecule is O=C(NCC1CN(c2ccc(N3CCON(C(=O)N4CCOCC4)CC3)c(F)c2)C(=O)O1)C(F)F. The number of hydrogen-bond donors (Lipinski definition) is 1. The smallest absolute Gasteiger partial charge is 0.414 e. The lowest BCUT2D eigenvalue weighted by molar-refractivity contribution is -0.132. The number of nitrogens with zero attached hydrogens (tertiary/aromatic N) is 4. The van der Waals surface area contributed by atoms with E-state index >= 15 is 4.39 Å². The zero-order valence-electron chi connectivity index (χ0n) is 18.8. The molecule has 3 heterocycles. The van der Waals surface area contributed by atoms with E-state index in [0.717, 1.165) is 0 Å². The van der Waals surface area contributed by atoms with Gasteiger partial charge in [0.1, 0.15) is 11.9 Å². The van der Waals surface area contributed by atoms with Gasteiger partial charge in [-0.1, -0.05) is 0 Å². The van der Waals surface area contributed by atoms with E-state index in [2.05, 4.69) is 0 Å². The van der Waals surface area contributed by atoms with Crippen molar-refractivity contribution in [3.63, 3.8) is 0 Å². The highest BCUT2D eigenvalue weighted by molar-refractivity contribution is 5.90. The molecule has 1 aromatic rings. The molecule has 192 valence electrons. The summed E-state index contributed by atoms with van der Waals surface area (Å²) in [4.78, 5) is 46.0. The van der Waals surface area contributed by atoms with Crippen molar-refractivity contribution < 1.29 is 41.9 Å². The van der Waals surface area contributed by atoms with E-state index in [-0.39, 0.29) is 43.6 Å². The third-order valence-electron chi connectivity index (χ3n) is 5.84. The van der Waals surface area contributed by atoms with Crippen LogP contribution in [-0.2, 0) is 19.1 Å². The molecule has 3 saturated heterocycles. The maximum absolute atomic E-state index is 15.0. The Balaban J connectivity index is 1.35. The molecular formula is C21H26F3N5O6. The lowest BCUT2D eigenvalue weighted by Gasteiger charge is -2.31. The third-order valence-corrected chi connectivity index (χ3v) is 5.84. The van der Waals surface area contributed by atoms with Crippen LogP contribution in [0.5, 0.6) is 0 Å². The predicted octanol–water partition coefficient (Wildman–Crippen LogP) is 1.04. The lowest BCUT2D eigenvalue weighted by atomic mass is 10.2. The number of rotatable bonds is 5. The zero-order chi connectivity index (χ0) is 24.9. The number of carbonyl (C=O) groups excluding carboxylic acids is 3. The van der Waals surface area contributed by atoms with Gasteiger partial charge in [0, 0.05) is 26.2 Å². The van der Waals surface area contributed by atoms with Gasteiger partial charge in [-0.05, 0) is 18.2 Å². The van der Waals surface area contributed by atoms with Crippen LogP contribution in [-0.4, -0.2) is 106 Å². The van der Waals surface area contributed by atoms with Crippen molar-refractivity contribution in [1.82, 2.24) is 15.3 Å². The van der Waals surface area contributed by atoms with Crippen molar-refractivity contribution in [2.75, 3.05) is 75.4 Å². The number of anilines is 2. The molecular weight excluding hydrogens is 475 g/mol. The molecule has 0 aromatic heterocycles. The van der Waals surface area contributed by atoms with Crippen molar-refractivity contribution in [3.8, 4) is 0 Å². The summed E-state index contributed by atoms with van der Waals surface area (Å²) in [5, 5.41) is 3.28. The maximum Gasteiger partial charge on any atom is 0.414 e. The fourth-order valence-electron chi connectivity index (χ4n) is 4.00. The van der Waals surface area contributed by atoms with Gasteiger partial charge >= 0.3 is 18.5 Å². The normalized spacial score (nSPS) is 21.3. The summed E-state index contributed by atoms with van der Waals surface area (Å²) in [6, 6.07) is 3.99. The summed E-state index contributed by atoms with van der Waals surface area (Å²) < 4.78 is 50.0. The Kier molecular flexibility index (Phi) is 7.80. The minimum Gasteiger partial charge on any atom is -0.442 e. The first-order valence-corrected chi connectivity index (χ1v) is 11.2. The minimum absolute atomic E-state index is 0.0305. The quantitative estimate of drug-likeness (QED) is 0.643. The first-order chi connectivity index (χ1) is 16.8. The van der Waals surface area contributed by atoms with E-state index in [9.17, 15) is 23.2 Å². The van der Waals surface area contributed by atoms with E-state index in [1.54, 1.807) is 15.9 Å². The number of ether oxygens (including phenoxy) is 2. The van der Waals surface area contributed by atoms with Gasteiger partial charge < -0.3 is 24.6 Å². The van der Waals surface area contributed by atoms with E-state index in [0.29, 0.717) is 39.4 Å². The number of alkyl halides is 2. The van der Waals surface area contributed by atoms with Gasteiger partial charge in [-0.2, -0.15) is 8.78 Å². The van der Waals surface area contributed by atoms with E-state index in [1.807, 2.05) is 5.32 Å². The second-order valence-corrected chi connectivity index (χ2v) is 8.10. The van der Waals surface area contributed by atoms with E-state index in [1.165, 1.54) is 22.1 Å². The van der Waals surface area contributed by atoms with Gasteiger partial charge in [0.05, 0.1) is 50.8 Å². The lowest BCUT2D eigenvalue weighted by Crippen LogP contribution is -2.48. The highest BCUT2D eigenvalue weighted by Crippen LogP contribution is 2.28. The highest BCUT2D eigenvalue weighted by Gasteiger charge is 2.34. The topological polar surface area (TPSA) is 104 Å².